The first-order valence-corrected chi connectivity index (χ1v) is 14.1. The second kappa shape index (κ2) is 11.0. The van der Waals surface area contributed by atoms with Crippen molar-refractivity contribution in [2.75, 3.05) is 31.1 Å². The minimum absolute atomic E-state index is 0.0158. The van der Waals surface area contributed by atoms with E-state index in [1.54, 1.807) is 12.4 Å². The highest BCUT2D eigenvalue weighted by Gasteiger charge is 2.26. The van der Waals surface area contributed by atoms with Gasteiger partial charge in [0.15, 0.2) is 0 Å². The van der Waals surface area contributed by atoms with Crippen LogP contribution in [0.15, 0.2) is 101 Å². The molecule has 39 heavy (non-hydrogen) atoms. The number of para-hydroxylation sites is 2. The molecular weight excluding hydrogens is 530 g/mol. The number of nitrogens with one attached hydrogen (secondary N) is 1. The number of carbonyl (C=O) groups excluding carboxylic acids is 1. The molecule has 0 spiro atoms. The molecule has 9 heteroatoms. The van der Waals surface area contributed by atoms with E-state index in [-0.39, 0.29) is 11.5 Å². The van der Waals surface area contributed by atoms with E-state index in [9.17, 15) is 9.59 Å². The number of aromatic nitrogens is 3. The minimum atomic E-state index is -0.157. The van der Waals surface area contributed by atoms with Gasteiger partial charge in [-0.2, -0.15) is 9.78 Å². The molecule has 0 atom stereocenters. The van der Waals surface area contributed by atoms with Crippen LogP contribution < -0.4 is 10.5 Å². The number of H-pyrrole nitrogens is 1. The molecule has 2 aromatic heterocycles. The summed E-state index contributed by atoms with van der Waals surface area (Å²) in [7, 11) is 0. The topological polar surface area (TPSA) is 74.2 Å². The van der Waals surface area contributed by atoms with E-state index in [1.807, 2.05) is 83.8 Å². The number of anilines is 1. The van der Waals surface area contributed by atoms with Crippen LogP contribution >= 0.6 is 23.4 Å². The molecule has 1 N–H and O–H groups in total. The third-order valence-corrected chi connectivity index (χ3v) is 8.34. The van der Waals surface area contributed by atoms with Crippen LogP contribution in [0.3, 0.4) is 0 Å². The van der Waals surface area contributed by atoms with Crippen molar-refractivity contribution in [1.82, 2.24) is 19.7 Å². The Morgan fingerprint density at radius 1 is 0.923 bits per heavy atom. The van der Waals surface area contributed by atoms with Gasteiger partial charge in [0.05, 0.1) is 23.1 Å². The Balaban J connectivity index is 1.25. The number of amides is 1. The maximum absolute atomic E-state index is 13.7. The van der Waals surface area contributed by atoms with Gasteiger partial charge in [-0.15, -0.1) is 11.8 Å². The minimum Gasteiger partial charge on any atom is -0.366 e. The van der Waals surface area contributed by atoms with Gasteiger partial charge in [0.2, 0.25) is 0 Å². The third kappa shape index (κ3) is 5.17. The summed E-state index contributed by atoms with van der Waals surface area (Å²) >= 11 is 7.56. The Morgan fingerprint density at radius 2 is 1.64 bits per heavy atom. The number of fused-ring (bicyclic) bond motifs is 1. The van der Waals surface area contributed by atoms with E-state index in [2.05, 4.69) is 15.0 Å². The number of rotatable bonds is 6. The molecule has 0 unspecified atom stereocenters. The quantitative estimate of drug-likeness (QED) is 0.275. The van der Waals surface area contributed by atoms with Crippen LogP contribution in [0.25, 0.3) is 16.6 Å². The summed E-state index contributed by atoms with van der Waals surface area (Å²) in [6.07, 6.45) is 3.56. The summed E-state index contributed by atoms with van der Waals surface area (Å²) < 4.78 is 1.45. The van der Waals surface area contributed by atoms with Gasteiger partial charge < -0.3 is 14.8 Å². The van der Waals surface area contributed by atoms with Crippen LogP contribution in [0.4, 0.5) is 5.69 Å². The molecule has 3 heterocycles. The lowest BCUT2D eigenvalue weighted by atomic mass is 10.1. The van der Waals surface area contributed by atoms with Gasteiger partial charge in [0.1, 0.15) is 4.90 Å². The van der Waals surface area contributed by atoms with Crippen LogP contribution in [-0.4, -0.2) is 51.8 Å². The summed E-state index contributed by atoms with van der Waals surface area (Å²) in [5.41, 5.74) is 4.07. The molecule has 0 bridgehead atoms. The lowest BCUT2D eigenvalue weighted by molar-refractivity contribution is 0.0748. The first-order valence-electron chi connectivity index (χ1n) is 12.7. The number of halogens is 1. The summed E-state index contributed by atoms with van der Waals surface area (Å²) in [6.45, 7) is 2.33. The highest BCUT2D eigenvalue weighted by atomic mass is 35.5. The van der Waals surface area contributed by atoms with Gasteiger partial charge in [-0.1, -0.05) is 60.1 Å². The summed E-state index contributed by atoms with van der Waals surface area (Å²) in [5, 5.41) is 6.14. The van der Waals surface area contributed by atoms with Crippen molar-refractivity contribution in [3.63, 3.8) is 0 Å². The van der Waals surface area contributed by atoms with Gasteiger partial charge in [-0.05, 0) is 35.9 Å². The molecule has 196 valence electrons. The number of carbonyl (C=O) groups is 1. The molecule has 1 fully saturated rings. The van der Waals surface area contributed by atoms with E-state index in [0.29, 0.717) is 47.4 Å². The Hall–Kier alpha value is -4.01. The summed E-state index contributed by atoms with van der Waals surface area (Å²) in [4.78, 5) is 34.9. The average Bonchev–Trinajstić information content (AvgIpc) is 3.42. The maximum atomic E-state index is 13.7. The monoisotopic (exact) mass is 555 g/mol. The van der Waals surface area contributed by atoms with Crippen LogP contribution in [0.1, 0.15) is 15.9 Å². The molecule has 7 nitrogen and oxygen atoms in total. The number of nitrogens with zero attached hydrogens (tertiary/aromatic N) is 4. The van der Waals surface area contributed by atoms with Crippen molar-refractivity contribution in [2.45, 2.75) is 10.6 Å². The van der Waals surface area contributed by atoms with E-state index in [1.165, 1.54) is 16.4 Å². The number of piperazine rings is 1. The Bertz CT molecular complexity index is 1680. The fourth-order valence-electron chi connectivity index (χ4n) is 4.85. The van der Waals surface area contributed by atoms with Crippen LogP contribution in [0.2, 0.25) is 5.02 Å². The lowest BCUT2D eigenvalue weighted by Gasteiger charge is -2.36. The average molecular weight is 556 g/mol. The predicted molar refractivity (Wildman–Crippen MR) is 157 cm³/mol. The Morgan fingerprint density at radius 3 is 2.41 bits per heavy atom. The highest BCUT2D eigenvalue weighted by Crippen LogP contribution is 2.31. The van der Waals surface area contributed by atoms with E-state index < -0.39 is 0 Å². The number of thioether (sulfide) groups is 1. The number of benzene rings is 3. The lowest BCUT2D eigenvalue weighted by Crippen LogP contribution is -2.49. The molecule has 1 aliphatic rings. The van der Waals surface area contributed by atoms with Crippen molar-refractivity contribution < 1.29 is 4.79 Å². The van der Waals surface area contributed by atoms with Crippen molar-refractivity contribution in [3.8, 4) is 5.69 Å². The zero-order chi connectivity index (χ0) is 26.8. The molecule has 1 aliphatic heterocycles. The fraction of sp³-hybridized carbons (Fsp3) is 0.167. The van der Waals surface area contributed by atoms with Crippen molar-refractivity contribution >= 4 is 45.9 Å². The normalized spacial score (nSPS) is 13.7. The molecule has 0 radical (unpaired) electrons. The van der Waals surface area contributed by atoms with Crippen molar-refractivity contribution in [1.29, 1.82) is 0 Å². The first-order chi connectivity index (χ1) is 19.1. The first kappa shape index (κ1) is 25.3. The van der Waals surface area contributed by atoms with Gasteiger partial charge in [0.25, 0.3) is 11.5 Å². The third-order valence-electron chi connectivity index (χ3n) is 6.94. The number of hydrogen-bond donors (Lipinski definition) is 1. The molecule has 6 rings (SSSR count). The molecule has 1 amide bonds. The smallest absolute Gasteiger partial charge is 0.287 e. The zero-order valence-corrected chi connectivity index (χ0v) is 22.7. The second-order valence-electron chi connectivity index (χ2n) is 9.35. The zero-order valence-electron chi connectivity index (χ0n) is 21.1. The van der Waals surface area contributed by atoms with Crippen molar-refractivity contribution in [2.24, 2.45) is 0 Å². The van der Waals surface area contributed by atoms with Crippen LogP contribution in [0.5, 0.6) is 0 Å². The number of hydrogen-bond acceptors (Lipinski definition) is 5. The Labute approximate surface area is 235 Å². The predicted octanol–water partition coefficient (Wildman–Crippen LogP) is 5.62. The molecule has 3 aromatic carbocycles. The maximum Gasteiger partial charge on any atom is 0.287 e. The van der Waals surface area contributed by atoms with Gasteiger partial charge in [0, 0.05) is 54.1 Å². The van der Waals surface area contributed by atoms with Gasteiger partial charge in [-0.25, -0.2) is 0 Å². The van der Waals surface area contributed by atoms with E-state index in [0.717, 1.165) is 27.8 Å². The molecule has 1 saturated heterocycles. The molecular formula is C30H26ClN5O2S. The summed E-state index contributed by atoms with van der Waals surface area (Å²) in [6, 6.07) is 24.9. The SMILES string of the molecule is O=C(c1c[nH]c2ccccc12)N1CCN(c2cnn(-c3ccccc3)c(=O)c2SCc2ccc(Cl)cc2)CC1. The van der Waals surface area contributed by atoms with Gasteiger partial charge >= 0.3 is 0 Å². The summed E-state index contributed by atoms with van der Waals surface area (Å²) in [5.74, 6) is 0.638. The van der Waals surface area contributed by atoms with Gasteiger partial charge in [-0.3, -0.25) is 9.59 Å². The molecule has 5 aromatic rings. The van der Waals surface area contributed by atoms with Crippen molar-refractivity contribution in [3.05, 3.63) is 118 Å². The number of aromatic amines is 1. The largest absolute Gasteiger partial charge is 0.366 e. The molecule has 0 saturated carbocycles. The highest BCUT2D eigenvalue weighted by molar-refractivity contribution is 7.98. The second-order valence-corrected chi connectivity index (χ2v) is 10.8. The molecule has 0 aliphatic carbocycles. The fourth-order valence-corrected chi connectivity index (χ4v) is 6.02. The van der Waals surface area contributed by atoms with E-state index in [4.69, 9.17) is 11.6 Å². The van der Waals surface area contributed by atoms with Crippen LogP contribution in [-0.2, 0) is 5.75 Å². The van der Waals surface area contributed by atoms with Crippen LogP contribution in [0, 0.1) is 0 Å². The Kier molecular flexibility index (Phi) is 7.13. The van der Waals surface area contributed by atoms with E-state index >= 15 is 0 Å². The standard InChI is InChI=1S/C30H26ClN5O2S/c31-22-12-10-21(11-13-22)20-39-28-27(19-33-36(30(28)38)23-6-2-1-3-7-23)34-14-16-35(17-15-34)29(37)25-18-32-26-9-5-4-8-24(25)26/h1-13,18-19,32H,14-17,20H2.